The van der Waals surface area contributed by atoms with Gasteiger partial charge in [-0.2, -0.15) is 0 Å². The van der Waals surface area contributed by atoms with Gasteiger partial charge in [0, 0.05) is 34.1 Å². The topological polar surface area (TPSA) is 49.3 Å². The molecule has 2 rings (SSSR count). The standard InChI is InChI=1S/C17H26N4S2/c1-5-14-7-8-15(23-14)11-20-17(18-6-2)19-10-9-16-21-12(3)13(4)22-16/h7-8H,5-6,9-11H2,1-4H3,(H2,18,19,20). The monoisotopic (exact) mass is 350 g/mol. The Hall–Kier alpha value is -1.40. The molecule has 0 aromatic carbocycles. The number of guanidine groups is 1. The summed E-state index contributed by atoms with van der Waals surface area (Å²) in [5.41, 5.74) is 1.15. The minimum Gasteiger partial charge on any atom is -0.357 e. The van der Waals surface area contributed by atoms with Crippen molar-refractivity contribution in [2.45, 2.75) is 47.1 Å². The van der Waals surface area contributed by atoms with Crippen LogP contribution in [0.25, 0.3) is 0 Å². The van der Waals surface area contributed by atoms with Crippen molar-refractivity contribution in [3.63, 3.8) is 0 Å². The van der Waals surface area contributed by atoms with E-state index in [0.717, 1.165) is 44.1 Å². The van der Waals surface area contributed by atoms with Gasteiger partial charge in [-0.25, -0.2) is 9.98 Å². The lowest BCUT2D eigenvalue weighted by atomic mass is 10.4. The van der Waals surface area contributed by atoms with E-state index in [1.54, 1.807) is 11.3 Å². The summed E-state index contributed by atoms with van der Waals surface area (Å²) in [6.45, 7) is 10.9. The zero-order valence-corrected chi connectivity index (χ0v) is 16.0. The normalized spacial score (nSPS) is 11.7. The number of nitrogens with zero attached hydrogens (tertiary/aromatic N) is 2. The Kier molecular flexibility index (Phi) is 7.05. The zero-order chi connectivity index (χ0) is 16.7. The Balaban J connectivity index is 1.85. The molecule has 2 aromatic heterocycles. The molecule has 126 valence electrons. The maximum absolute atomic E-state index is 4.67. The first-order chi connectivity index (χ1) is 11.1. The van der Waals surface area contributed by atoms with Crippen LogP contribution >= 0.6 is 22.7 Å². The molecular formula is C17H26N4S2. The molecule has 0 aliphatic heterocycles. The number of hydrogen-bond donors (Lipinski definition) is 2. The van der Waals surface area contributed by atoms with Gasteiger partial charge in [-0.3, -0.25) is 0 Å². The summed E-state index contributed by atoms with van der Waals surface area (Å²) >= 11 is 3.63. The fraction of sp³-hybridized carbons (Fsp3) is 0.529. The van der Waals surface area contributed by atoms with Crippen molar-refractivity contribution in [2.75, 3.05) is 13.1 Å². The minimum atomic E-state index is 0.732. The number of nitrogens with one attached hydrogen (secondary N) is 2. The summed E-state index contributed by atoms with van der Waals surface area (Å²) in [4.78, 5) is 13.3. The van der Waals surface area contributed by atoms with Crippen LogP contribution in [-0.2, 0) is 19.4 Å². The molecule has 0 fully saturated rings. The zero-order valence-electron chi connectivity index (χ0n) is 14.4. The van der Waals surface area contributed by atoms with Crippen molar-refractivity contribution in [1.82, 2.24) is 15.6 Å². The number of aromatic nitrogens is 1. The Bertz CT molecular complexity index is 623. The van der Waals surface area contributed by atoms with E-state index in [4.69, 9.17) is 0 Å². The van der Waals surface area contributed by atoms with Crippen LogP contribution < -0.4 is 10.6 Å². The number of rotatable bonds is 7. The predicted molar refractivity (Wildman–Crippen MR) is 102 cm³/mol. The molecule has 0 saturated heterocycles. The fourth-order valence-electron chi connectivity index (χ4n) is 2.13. The Morgan fingerprint density at radius 3 is 2.52 bits per heavy atom. The molecule has 2 N–H and O–H groups in total. The van der Waals surface area contributed by atoms with Crippen LogP contribution in [-0.4, -0.2) is 24.0 Å². The first-order valence-electron chi connectivity index (χ1n) is 8.15. The Labute approximate surface area is 147 Å². The van der Waals surface area contributed by atoms with Gasteiger partial charge in [-0.1, -0.05) is 6.92 Å². The molecular weight excluding hydrogens is 324 g/mol. The van der Waals surface area contributed by atoms with Crippen LogP contribution in [0.2, 0.25) is 0 Å². The third-order valence-electron chi connectivity index (χ3n) is 3.51. The molecule has 0 amide bonds. The third kappa shape index (κ3) is 5.62. The van der Waals surface area contributed by atoms with Gasteiger partial charge in [0.1, 0.15) is 0 Å². The summed E-state index contributed by atoms with van der Waals surface area (Å²) in [6.07, 6.45) is 2.03. The Morgan fingerprint density at radius 1 is 1.13 bits per heavy atom. The molecule has 6 heteroatoms. The van der Waals surface area contributed by atoms with Crippen molar-refractivity contribution in [1.29, 1.82) is 0 Å². The predicted octanol–water partition coefficient (Wildman–Crippen LogP) is 3.68. The van der Waals surface area contributed by atoms with Crippen molar-refractivity contribution in [3.05, 3.63) is 37.5 Å². The molecule has 23 heavy (non-hydrogen) atoms. The van der Waals surface area contributed by atoms with Gasteiger partial charge in [0.15, 0.2) is 5.96 Å². The number of thiazole rings is 1. The molecule has 0 aliphatic carbocycles. The molecule has 0 atom stereocenters. The lowest BCUT2D eigenvalue weighted by Crippen LogP contribution is -2.38. The molecule has 0 bridgehead atoms. The second kappa shape index (κ2) is 9.03. The average molecular weight is 351 g/mol. The summed E-state index contributed by atoms with van der Waals surface area (Å²) < 4.78 is 0. The van der Waals surface area contributed by atoms with E-state index in [0.29, 0.717) is 0 Å². The van der Waals surface area contributed by atoms with Crippen LogP contribution in [0.3, 0.4) is 0 Å². The second-order valence-electron chi connectivity index (χ2n) is 5.34. The van der Waals surface area contributed by atoms with Gasteiger partial charge in [-0.05, 0) is 39.3 Å². The minimum absolute atomic E-state index is 0.732. The fourth-order valence-corrected chi connectivity index (χ4v) is 3.95. The van der Waals surface area contributed by atoms with Gasteiger partial charge in [-0.15, -0.1) is 22.7 Å². The van der Waals surface area contributed by atoms with Gasteiger partial charge in [0.2, 0.25) is 0 Å². The van der Waals surface area contributed by atoms with Crippen molar-refractivity contribution >= 4 is 28.6 Å². The molecule has 2 aromatic rings. The van der Waals surface area contributed by atoms with E-state index in [9.17, 15) is 0 Å². The molecule has 2 heterocycles. The number of hydrogen-bond acceptors (Lipinski definition) is 4. The lowest BCUT2D eigenvalue weighted by molar-refractivity contribution is 0.796. The summed E-state index contributed by atoms with van der Waals surface area (Å²) in [5.74, 6) is 0.879. The van der Waals surface area contributed by atoms with Crippen LogP contribution in [0, 0.1) is 13.8 Å². The van der Waals surface area contributed by atoms with E-state index < -0.39 is 0 Å². The maximum Gasteiger partial charge on any atom is 0.191 e. The number of aliphatic imine (C=N–C) groups is 1. The average Bonchev–Trinajstić information content (AvgIpc) is 3.12. The van der Waals surface area contributed by atoms with E-state index in [-0.39, 0.29) is 0 Å². The largest absolute Gasteiger partial charge is 0.357 e. The number of thiophene rings is 1. The highest BCUT2D eigenvalue weighted by molar-refractivity contribution is 7.12. The molecule has 4 nitrogen and oxygen atoms in total. The number of aryl methyl sites for hydroxylation is 3. The van der Waals surface area contributed by atoms with Crippen molar-refractivity contribution in [3.8, 4) is 0 Å². The van der Waals surface area contributed by atoms with Crippen LogP contribution in [0.4, 0.5) is 0 Å². The van der Waals surface area contributed by atoms with Gasteiger partial charge in [0.25, 0.3) is 0 Å². The van der Waals surface area contributed by atoms with E-state index >= 15 is 0 Å². The van der Waals surface area contributed by atoms with Gasteiger partial charge < -0.3 is 10.6 Å². The van der Waals surface area contributed by atoms with Crippen LogP contribution in [0.5, 0.6) is 0 Å². The van der Waals surface area contributed by atoms with Crippen molar-refractivity contribution in [2.24, 2.45) is 4.99 Å². The first kappa shape index (κ1) is 17.9. The molecule has 0 unspecified atom stereocenters. The van der Waals surface area contributed by atoms with E-state index in [1.807, 2.05) is 11.3 Å². The maximum atomic E-state index is 4.67. The molecule has 0 aliphatic rings. The Morgan fingerprint density at radius 2 is 1.91 bits per heavy atom. The van der Waals surface area contributed by atoms with Crippen LogP contribution in [0.15, 0.2) is 17.1 Å². The van der Waals surface area contributed by atoms with Gasteiger partial charge in [0.05, 0.1) is 17.2 Å². The quantitative estimate of drug-likeness (QED) is 0.591. The highest BCUT2D eigenvalue weighted by Crippen LogP contribution is 2.18. The van der Waals surface area contributed by atoms with E-state index in [1.165, 1.54) is 19.6 Å². The summed E-state index contributed by atoms with van der Waals surface area (Å²) in [7, 11) is 0. The first-order valence-corrected chi connectivity index (χ1v) is 9.78. The lowest BCUT2D eigenvalue weighted by Gasteiger charge is -2.10. The highest BCUT2D eigenvalue weighted by atomic mass is 32.1. The second-order valence-corrected chi connectivity index (χ2v) is 7.88. The highest BCUT2D eigenvalue weighted by Gasteiger charge is 2.04. The summed E-state index contributed by atoms with van der Waals surface area (Å²) in [6, 6.07) is 4.38. The SMILES string of the molecule is CCNC(=NCc1ccc(CC)s1)NCCc1nc(C)c(C)s1. The van der Waals surface area contributed by atoms with Crippen LogP contribution in [0.1, 0.15) is 39.2 Å². The van der Waals surface area contributed by atoms with Crippen molar-refractivity contribution < 1.29 is 0 Å². The third-order valence-corrected chi connectivity index (χ3v) is 5.85. The molecule has 0 spiro atoms. The summed E-state index contributed by atoms with van der Waals surface area (Å²) in [5, 5.41) is 7.89. The van der Waals surface area contributed by atoms with Gasteiger partial charge >= 0.3 is 0 Å². The molecule has 0 radical (unpaired) electrons. The molecule has 0 saturated carbocycles. The van der Waals surface area contributed by atoms with E-state index in [2.05, 4.69) is 60.4 Å². The smallest absolute Gasteiger partial charge is 0.191 e.